The van der Waals surface area contributed by atoms with Crippen molar-refractivity contribution in [3.8, 4) is 5.75 Å². The zero-order valence-electron chi connectivity index (χ0n) is 10.0. The Bertz CT molecular complexity index is 408. The summed E-state index contributed by atoms with van der Waals surface area (Å²) >= 11 is 3.12. The molecule has 0 saturated carbocycles. The summed E-state index contributed by atoms with van der Waals surface area (Å²) in [7, 11) is 0. The monoisotopic (exact) mass is 319 g/mol. The number of nitrogens with one attached hydrogen (secondary N) is 1. The van der Waals surface area contributed by atoms with E-state index in [1.165, 1.54) is 6.07 Å². The Morgan fingerprint density at radius 3 is 2.72 bits per heavy atom. The van der Waals surface area contributed by atoms with E-state index in [2.05, 4.69) is 21.2 Å². The van der Waals surface area contributed by atoms with Crippen molar-refractivity contribution in [1.29, 1.82) is 0 Å². The van der Waals surface area contributed by atoms with Gasteiger partial charge in [-0.15, -0.1) is 0 Å². The molecule has 0 unspecified atom stereocenters. The minimum absolute atomic E-state index is 0.0178. The van der Waals surface area contributed by atoms with Crippen molar-refractivity contribution >= 4 is 15.9 Å². The van der Waals surface area contributed by atoms with E-state index >= 15 is 0 Å². The van der Waals surface area contributed by atoms with Gasteiger partial charge in [-0.25, -0.2) is 4.39 Å². The van der Waals surface area contributed by atoms with Gasteiger partial charge in [0.1, 0.15) is 0 Å². The summed E-state index contributed by atoms with van der Waals surface area (Å²) in [6, 6.07) is 2.55. The number of benzene rings is 1. The molecule has 5 heteroatoms. The van der Waals surface area contributed by atoms with Gasteiger partial charge in [0.05, 0.1) is 6.61 Å². The van der Waals surface area contributed by atoms with E-state index in [1.807, 2.05) is 0 Å². The first-order valence-electron chi connectivity index (χ1n) is 6.15. The van der Waals surface area contributed by atoms with Crippen molar-refractivity contribution in [2.45, 2.75) is 19.3 Å². The summed E-state index contributed by atoms with van der Waals surface area (Å²) in [5.74, 6) is -1.20. The maximum absolute atomic E-state index is 13.4. The smallest absolute Gasteiger partial charge is 0.200 e. The highest BCUT2D eigenvalue weighted by molar-refractivity contribution is 9.10. The molecule has 100 valence electrons. The van der Waals surface area contributed by atoms with Crippen LogP contribution >= 0.6 is 15.9 Å². The molecule has 1 aliphatic rings. The van der Waals surface area contributed by atoms with E-state index in [4.69, 9.17) is 4.74 Å². The van der Waals surface area contributed by atoms with Crippen molar-refractivity contribution in [1.82, 2.24) is 5.32 Å². The molecular weight excluding hydrogens is 304 g/mol. The maximum atomic E-state index is 13.4. The maximum Gasteiger partial charge on any atom is 0.200 e. The third-order valence-electron chi connectivity index (χ3n) is 3.20. The Kier molecular flexibility index (Phi) is 4.95. The quantitative estimate of drug-likeness (QED) is 0.858. The Balaban J connectivity index is 1.86. The van der Waals surface area contributed by atoms with Crippen molar-refractivity contribution in [3.05, 3.63) is 28.2 Å². The van der Waals surface area contributed by atoms with Crippen molar-refractivity contribution in [2.24, 2.45) is 5.92 Å². The van der Waals surface area contributed by atoms with Gasteiger partial charge in [0.2, 0.25) is 5.82 Å². The molecule has 0 atom stereocenters. The Morgan fingerprint density at radius 2 is 2.00 bits per heavy atom. The number of rotatable bonds is 4. The molecule has 1 aromatic carbocycles. The normalized spacial score (nSPS) is 16.8. The summed E-state index contributed by atoms with van der Waals surface area (Å²) < 4.78 is 32.4. The molecule has 1 heterocycles. The first-order chi connectivity index (χ1) is 8.66. The predicted octanol–water partition coefficient (Wildman–Crippen LogP) is 3.50. The number of ether oxygens (including phenoxy) is 1. The van der Waals surface area contributed by atoms with Gasteiger partial charge in [-0.2, -0.15) is 4.39 Å². The van der Waals surface area contributed by atoms with Crippen LogP contribution in [0.5, 0.6) is 5.75 Å². The fourth-order valence-electron chi connectivity index (χ4n) is 2.14. The standard InChI is InChI=1S/C13H16BrF2NO/c14-10-7-11(15)13(16)12(8-10)18-6-3-9-1-4-17-5-2-9/h7-9,17H,1-6H2. The van der Waals surface area contributed by atoms with Crippen LogP contribution in [-0.2, 0) is 0 Å². The molecule has 1 saturated heterocycles. The minimum atomic E-state index is -0.913. The molecule has 1 aliphatic heterocycles. The Hall–Kier alpha value is -0.680. The van der Waals surface area contributed by atoms with E-state index in [9.17, 15) is 8.78 Å². The Morgan fingerprint density at radius 1 is 1.28 bits per heavy atom. The lowest BCUT2D eigenvalue weighted by Gasteiger charge is -2.22. The number of halogens is 3. The predicted molar refractivity (Wildman–Crippen MR) is 69.8 cm³/mol. The fourth-order valence-corrected chi connectivity index (χ4v) is 2.55. The number of hydrogen-bond donors (Lipinski definition) is 1. The molecule has 0 amide bonds. The van der Waals surface area contributed by atoms with Crippen molar-refractivity contribution in [2.75, 3.05) is 19.7 Å². The van der Waals surface area contributed by atoms with Crippen LogP contribution in [0.1, 0.15) is 19.3 Å². The topological polar surface area (TPSA) is 21.3 Å². The van der Waals surface area contributed by atoms with Crippen LogP contribution in [0.2, 0.25) is 0 Å². The summed E-state index contributed by atoms with van der Waals surface area (Å²) in [4.78, 5) is 0. The van der Waals surface area contributed by atoms with E-state index in [0.717, 1.165) is 38.4 Å². The molecular formula is C13H16BrF2NO. The summed E-state index contributed by atoms with van der Waals surface area (Å²) in [6.07, 6.45) is 3.13. The molecule has 0 radical (unpaired) electrons. The van der Waals surface area contributed by atoms with Crippen LogP contribution in [-0.4, -0.2) is 19.7 Å². The highest BCUT2D eigenvalue weighted by Crippen LogP contribution is 2.26. The highest BCUT2D eigenvalue weighted by Gasteiger charge is 2.15. The van der Waals surface area contributed by atoms with Crippen LogP contribution in [0.15, 0.2) is 16.6 Å². The van der Waals surface area contributed by atoms with E-state index < -0.39 is 11.6 Å². The van der Waals surface area contributed by atoms with Crippen molar-refractivity contribution < 1.29 is 13.5 Å². The van der Waals surface area contributed by atoms with Gasteiger partial charge in [-0.1, -0.05) is 15.9 Å². The zero-order chi connectivity index (χ0) is 13.0. The highest BCUT2D eigenvalue weighted by atomic mass is 79.9. The summed E-state index contributed by atoms with van der Waals surface area (Å²) in [5.41, 5.74) is 0. The average molecular weight is 320 g/mol. The molecule has 1 aromatic rings. The van der Waals surface area contributed by atoms with Gasteiger partial charge < -0.3 is 10.1 Å². The lowest BCUT2D eigenvalue weighted by atomic mass is 9.95. The van der Waals surface area contributed by atoms with Crippen LogP contribution in [0.25, 0.3) is 0 Å². The first-order valence-corrected chi connectivity index (χ1v) is 6.94. The average Bonchev–Trinajstić information content (AvgIpc) is 2.36. The second-order valence-electron chi connectivity index (χ2n) is 4.53. The first kappa shape index (κ1) is 13.7. The summed E-state index contributed by atoms with van der Waals surface area (Å²) in [5, 5.41) is 3.29. The fraction of sp³-hybridized carbons (Fsp3) is 0.538. The van der Waals surface area contributed by atoms with Crippen LogP contribution in [0, 0.1) is 17.6 Å². The lowest BCUT2D eigenvalue weighted by Crippen LogP contribution is -2.28. The van der Waals surface area contributed by atoms with Crippen molar-refractivity contribution in [3.63, 3.8) is 0 Å². The van der Waals surface area contributed by atoms with Gasteiger partial charge in [0.15, 0.2) is 11.6 Å². The van der Waals surface area contributed by atoms with Gasteiger partial charge in [-0.3, -0.25) is 0 Å². The molecule has 0 aliphatic carbocycles. The third kappa shape index (κ3) is 3.65. The molecule has 18 heavy (non-hydrogen) atoms. The minimum Gasteiger partial charge on any atom is -0.490 e. The van der Waals surface area contributed by atoms with Gasteiger partial charge in [-0.05, 0) is 50.4 Å². The molecule has 0 aromatic heterocycles. The lowest BCUT2D eigenvalue weighted by molar-refractivity contribution is 0.241. The van der Waals surface area contributed by atoms with Crippen LogP contribution in [0.3, 0.4) is 0 Å². The van der Waals surface area contributed by atoms with E-state index in [-0.39, 0.29) is 5.75 Å². The molecule has 2 rings (SSSR count). The van der Waals surface area contributed by atoms with E-state index in [1.54, 1.807) is 0 Å². The second kappa shape index (κ2) is 6.48. The molecule has 2 nitrogen and oxygen atoms in total. The van der Waals surface area contributed by atoms with Gasteiger partial charge in [0, 0.05) is 4.47 Å². The van der Waals surface area contributed by atoms with E-state index in [0.29, 0.717) is 17.0 Å². The van der Waals surface area contributed by atoms with Crippen LogP contribution < -0.4 is 10.1 Å². The SMILES string of the molecule is Fc1cc(Br)cc(OCCC2CCNCC2)c1F. The summed E-state index contributed by atoms with van der Waals surface area (Å²) in [6.45, 7) is 2.49. The Labute approximate surface area is 114 Å². The van der Waals surface area contributed by atoms with Gasteiger partial charge in [0.25, 0.3) is 0 Å². The molecule has 0 bridgehead atoms. The second-order valence-corrected chi connectivity index (χ2v) is 5.45. The molecule has 1 N–H and O–H groups in total. The largest absolute Gasteiger partial charge is 0.490 e. The molecule has 1 fully saturated rings. The van der Waals surface area contributed by atoms with Crippen LogP contribution in [0.4, 0.5) is 8.78 Å². The van der Waals surface area contributed by atoms with Gasteiger partial charge >= 0.3 is 0 Å². The number of hydrogen-bond acceptors (Lipinski definition) is 2. The zero-order valence-corrected chi connectivity index (χ0v) is 11.6. The number of piperidine rings is 1. The third-order valence-corrected chi connectivity index (χ3v) is 3.66. The molecule has 0 spiro atoms.